The fourth-order valence-corrected chi connectivity index (χ4v) is 1.81. The van der Waals surface area contributed by atoms with Crippen LogP contribution in [0.2, 0.25) is 0 Å². The van der Waals surface area contributed by atoms with Crippen molar-refractivity contribution < 1.29 is 28.6 Å². The Bertz CT molecular complexity index is 517. The van der Waals surface area contributed by atoms with Crippen molar-refractivity contribution >= 4 is 23.7 Å². The summed E-state index contributed by atoms with van der Waals surface area (Å²) < 4.78 is 9.95. The zero-order valence-corrected chi connectivity index (χ0v) is 9.06. The second-order valence-corrected chi connectivity index (χ2v) is 3.96. The lowest BCUT2D eigenvalue weighted by atomic mass is 10.5. The summed E-state index contributed by atoms with van der Waals surface area (Å²) in [6.45, 7) is 0. The molecular formula is C10H6O6S. The molecule has 0 fully saturated rings. The van der Waals surface area contributed by atoms with E-state index in [2.05, 4.69) is 0 Å². The first kappa shape index (κ1) is 11.3. The summed E-state index contributed by atoms with van der Waals surface area (Å²) in [7, 11) is 0. The first-order valence-corrected chi connectivity index (χ1v) is 5.22. The first-order valence-electron chi connectivity index (χ1n) is 4.40. The smallest absolute Gasteiger partial charge is 0.371 e. The van der Waals surface area contributed by atoms with Crippen molar-refractivity contribution in [3.63, 3.8) is 0 Å². The molecule has 2 rings (SSSR count). The van der Waals surface area contributed by atoms with Crippen molar-refractivity contribution in [2.45, 2.75) is 10.2 Å². The zero-order chi connectivity index (χ0) is 12.4. The van der Waals surface area contributed by atoms with Crippen LogP contribution in [0.25, 0.3) is 0 Å². The fraction of sp³-hybridized carbons (Fsp3) is 0. The molecule has 7 heteroatoms. The van der Waals surface area contributed by atoms with E-state index in [1.807, 2.05) is 0 Å². The Kier molecular flexibility index (Phi) is 2.92. The maximum atomic E-state index is 10.6. The van der Waals surface area contributed by atoms with Crippen molar-refractivity contribution in [2.24, 2.45) is 0 Å². The number of carbonyl (C=O) groups is 2. The molecule has 0 atom stereocenters. The molecular weight excluding hydrogens is 248 g/mol. The van der Waals surface area contributed by atoms with Crippen LogP contribution < -0.4 is 0 Å². The van der Waals surface area contributed by atoms with Crippen LogP contribution in [0.4, 0.5) is 0 Å². The van der Waals surface area contributed by atoms with Gasteiger partial charge in [0, 0.05) is 0 Å². The van der Waals surface area contributed by atoms with E-state index in [1.165, 1.54) is 24.3 Å². The molecule has 0 amide bonds. The van der Waals surface area contributed by atoms with E-state index in [1.54, 1.807) is 0 Å². The minimum atomic E-state index is -1.16. The molecule has 0 saturated carbocycles. The number of rotatable bonds is 4. The van der Waals surface area contributed by atoms with Crippen LogP contribution >= 0.6 is 11.8 Å². The van der Waals surface area contributed by atoms with Crippen molar-refractivity contribution in [3.8, 4) is 0 Å². The Labute approximate surface area is 98.8 Å². The summed E-state index contributed by atoms with van der Waals surface area (Å²) in [4.78, 5) is 21.1. The quantitative estimate of drug-likeness (QED) is 0.863. The van der Waals surface area contributed by atoms with Gasteiger partial charge in [0.05, 0.1) is 0 Å². The van der Waals surface area contributed by atoms with Crippen molar-refractivity contribution in [1.82, 2.24) is 0 Å². The third-order valence-electron chi connectivity index (χ3n) is 1.79. The lowest BCUT2D eigenvalue weighted by Crippen LogP contribution is -1.91. The van der Waals surface area contributed by atoms with Crippen LogP contribution in [0.5, 0.6) is 0 Å². The van der Waals surface area contributed by atoms with Gasteiger partial charge in [-0.25, -0.2) is 9.59 Å². The molecule has 0 unspecified atom stereocenters. The lowest BCUT2D eigenvalue weighted by Gasteiger charge is -1.91. The van der Waals surface area contributed by atoms with Gasteiger partial charge in [-0.1, -0.05) is 0 Å². The predicted octanol–water partition coefficient (Wildman–Crippen LogP) is 2.42. The van der Waals surface area contributed by atoms with E-state index in [0.29, 0.717) is 10.2 Å². The highest BCUT2D eigenvalue weighted by molar-refractivity contribution is 7.99. The van der Waals surface area contributed by atoms with Crippen LogP contribution in [-0.4, -0.2) is 22.2 Å². The molecule has 0 saturated heterocycles. The zero-order valence-electron chi connectivity index (χ0n) is 8.25. The summed E-state index contributed by atoms with van der Waals surface area (Å²) in [6.07, 6.45) is 0. The molecule has 17 heavy (non-hydrogen) atoms. The normalized spacial score (nSPS) is 10.4. The number of hydrogen-bond donors (Lipinski definition) is 2. The van der Waals surface area contributed by atoms with E-state index in [9.17, 15) is 9.59 Å². The summed E-state index contributed by atoms with van der Waals surface area (Å²) in [5.41, 5.74) is 0. The van der Waals surface area contributed by atoms with Crippen LogP contribution in [0.1, 0.15) is 21.1 Å². The van der Waals surface area contributed by atoms with E-state index in [-0.39, 0.29) is 11.5 Å². The standard InChI is InChI=1S/C10H6O6S/c11-9(12)5-1-3-7(15-5)17-8-4-2-6(16-8)10(13)14/h1-4H,(H,11,12)(H,13,14). The summed E-state index contributed by atoms with van der Waals surface area (Å²) >= 11 is 1.00. The second-order valence-electron chi connectivity index (χ2n) is 2.95. The molecule has 2 N–H and O–H groups in total. The third kappa shape index (κ3) is 2.51. The number of hydrogen-bond acceptors (Lipinski definition) is 5. The Hall–Kier alpha value is -2.15. The van der Waals surface area contributed by atoms with Gasteiger partial charge in [0.2, 0.25) is 11.5 Å². The third-order valence-corrected chi connectivity index (χ3v) is 2.63. The van der Waals surface area contributed by atoms with E-state index in [4.69, 9.17) is 19.0 Å². The highest BCUT2D eigenvalue weighted by Gasteiger charge is 2.13. The molecule has 0 aliphatic rings. The summed E-state index contributed by atoms with van der Waals surface area (Å²) in [6, 6.07) is 5.56. The first-order chi connectivity index (χ1) is 8.06. The molecule has 0 spiro atoms. The van der Waals surface area contributed by atoms with Crippen molar-refractivity contribution in [1.29, 1.82) is 0 Å². The van der Waals surface area contributed by atoms with Gasteiger partial charge >= 0.3 is 11.9 Å². The maximum Gasteiger partial charge on any atom is 0.371 e. The highest BCUT2D eigenvalue weighted by atomic mass is 32.2. The predicted molar refractivity (Wildman–Crippen MR) is 55.5 cm³/mol. The minimum Gasteiger partial charge on any atom is -0.475 e. The average molecular weight is 254 g/mol. The van der Waals surface area contributed by atoms with Gasteiger partial charge < -0.3 is 19.0 Å². The SMILES string of the molecule is O=C(O)c1ccc(Sc2ccc(C(=O)O)o2)o1. The number of carboxylic acid groups (broad SMARTS) is 2. The fourth-order valence-electron chi connectivity index (χ4n) is 1.08. The molecule has 88 valence electrons. The molecule has 6 nitrogen and oxygen atoms in total. The van der Waals surface area contributed by atoms with Gasteiger partial charge in [-0.15, -0.1) is 0 Å². The van der Waals surface area contributed by atoms with Crippen LogP contribution in [-0.2, 0) is 0 Å². The Morgan fingerprint density at radius 2 is 1.29 bits per heavy atom. The number of carboxylic acids is 2. The highest BCUT2D eigenvalue weighted by Crippen LogP contribution is 2.30. The van der Waals surface area contributed by atoms with E-state index in [0.717, 1.165) is 11.8 Å². The topological polar surface area (TPSA) is 101 Å². The Balaban J connectivity index is 2.13. The van der Waals surface area contributed by atoms with Gasteiger partial charge in [-0.3, -0.25) is 0 Å². The summed E-state index contributed by atoms with van der Waals surface area (Å²) in [5.74, 6) is -2.69. The van der Waals surface area contributed by atoms with Gasteiger partial charge in [0.25, 0.3) is 0 Å². The van der Waals surface area contributed by atoms with E-state index < -0.39 is 11.9 Å². The van der Waals surface area contributed by atoms with Crippen molar-refractivity contribution in [3.05, 3.63) is 35.8 Å². The second kappa shape index (κ2) is 4.38. The molecule has 2 aromatic rings. The molecule has 0 aromatic carbocycles. The largest absolute Gasteiger partial charge is 0.475 e. The maximum absolute atomic E-state index is 10.6. The molecule has 0 aliphatic carbocycles. The Morgan fingerprint density at radius 1 is 0.882 bits per heavy atom. The molecule has 2 heterocycles. The lowest BCUT2D eigenvalue weighted by molar-refractivity contribution is 0.0648. The molecule has 0 bridgehead atoms. The van der Waals surface area contributed by atoms with Gasteiger partial charge in [-0.2, -0.15) is 0 Å². The molecule has 0 aliphatic heterocycles. The molecule has 2 aromatic heterocycles. The summed E-state index contributed by atoms with van der Waals surface area (Å²) in [5, 5.41) is 17.9. The average Bonchev–Trinajstić information content (AvgIpc) is 2.87. The van der Waals surface area contributed by atoms with Gasteiger partial charge in [0.1, 0.15) is 0 Å². The van der Waals surface area contributed by atoms with Gasteiger partial charge in [0.15, 0.2) is 10.2 Å². The molecule has 0 radical (unpaired) electrons. The Morgan fingerprint density at radius 3 is 1.59 bits per heavy atom. The minimum absolute atomic E-state index is 0.183. The van der Waals surface area contributed by atoms with Crippen molar-refractivity contribution in [2.75, 3.05) is 0 Å². The van der Waals surface area contributed by atoms with Crippen LogP contribution in [0.3, 0.4) is 0 Å². The number of aromatic carboxylic acids is 2. The van der Waals surface area contributed by atoms with Crippen LogP contribution in [0.15, 0.2) is 43.3 Å². The monoisotopic (exact) mass is 254 g/mol. The van der Waals surface area contributed by atoms with E-state index >= 15 is 0 Å². The van der Waals surface area contributed by atoms with Gasteiger partial charge in [-0.05, 0) is 36.0 Å². The van der Waals surface area contributed by atoms with Crippen LogP contribution in [0, 0.1) is 0 Å². The number of furan rings is 2.